The second-order valence-electron chi connectivity index (χ2n) is 8.86. The van der Waals surface area contributed by atoms with Crippen molar-refractivity contribution in [1.29, 1.82) is 0 Å². The van der Waals surface area contributed by atoms with Crippen LogP contribution in [-0.4, -0.2) is 59.8 Å². The third kappa shape index (κ3) is 3.33. The molecule has 2 amide bonds. The number of benzene rings is 1. The molecule has 2 aliphatic carbocycles. The first-order chi connectivity index (χ1) is 14.1. The maximum absolute atomic E-state index is 12.7. The van der Waals surface area contributed by atoms with E-state index in [-0.39, 0.29) is 29.2 Å². The quantitative estimate of drug-likeness (QED) is 0.785. The van der Waals surface area contributed by atoms with Gasteiger partial charge in [0.15, 0.2) is 0 Å². The molecule has 1 aliphatic heterocycles. The molecule has 2 saturated carbocycles. The van der Waals surface area contributed by atoms with Gasteiger partial charge in [-0.15, -0.1) is 0 Å². The molecule has 1 aromatic heterocycles. The second kappa shape index (κ2) is 6.99. The molecule has 1 spiro atoms. The number of nitrogens with zero attached hydrogens (tertiary/aromatic N) is 2. The average Bonchev–Trinajstić information content (AvgIpc) is 3.25. The topological polar surface area (TPSA) is 87.3 Å². The summed E-state index contributed by atoms with van der Waals surface area (Å²) in [5.41, 5.74) is 2.49. The first-order valence-electron chi connectivity index (χ1n) is 10.3. The van der Waals surface area contributed by atoms with E-state index >= 15 is 0 Å². The average molecular weight is 394 g/mol. The van der Waals surface area contributed by atoms with E-state index in [1.807, 2.05) is 35.2 Å². The van der Waals surface area contributed by atoms with Crippen molar-refractivity contribution >= 4 is 11.8 Å². The van der Waals surface area contributed by atoms with Crippen molar-refractivity contribution in [1.82, 2.24) is 20.4 Å². The van der Waals surface area contributed by atoms with Crippen LogP contribution in [0.3, 0.4) is 0 Å². The van der Waals surface area contributed by atoms with E-state index in [2.05, 4.69) is 15.5 Å². The molecule has 1 saturated heterocycles. The molecule has 2 aromatic rings. The van der Waals surface area contributed by atoms with E-state index in [1.54, 1.807) is 13.3 Å². The fraction of sp³-hybridized carbons (Fsp3) is 0.500. The number of nitrogens with one attached hydrogen (secondary N) is 2. The summed E-state index contributed by atoms with van der Waals surface area (Å²) in [5, 5.41) is 10.0. The van der Waals surface area contributed by atoms with Gasteiger partial charge in [0, 0.05) is 49.7 Å². The number of carbonyl (C=O) groups is 2. The number of aromatic nitrogens is 2. The minimum Gasteiger partial charge on any atom is -0.384 e. The molecule has 2 heterocycles. The van der Waals surface area contributed by atoms with Crippen LogP contribution < -0.4 is 5.32 Å². The number of rotatable bonds is 6. The fourth-order valence-electron chi connectivity index (χ4n) is 5.00. The van der Waals surface area contributed by atoms with Crippen molar-refractivity contribution in [2.45, 2.75) is 25.3 Å². The van der Waals surface area contributed by atoms with Crippen molar-refractivity contribution in [2.75, 3.05) is 26.8 Å². The lowest BCUT2D eigenvalue weighted by Crippen LogP contribution is -2.67. The Bertz CT molecular complexity index is 911. The number of carbonyl (C=O) groups excluding carboxylic acids is 2. The van der Waals surface area contributed by atoms with Crippen LogP contribution in [0.2, 0.25) is 0 Å². The van der Waals surface area contributed by atoms with Crippen LogP contribution in [0.4, 0.5) is 0 Å². The van der Waals surface area contributed by atoms with Gasteiger partial charge in [0.1, 0.15) is 5.69 Å². The maximum Gasteiger partial charge on any atom is 0.270 e. The molecule has 152 valence electrons. The molecular weight excluding hydrogens is 368 g/mol. The SMILES string of the molecule is COC[C@@H]1C[C@H]1C(=O)N1CC2(CC(NC(=O)c3[nH]ncc3-c3ccccc3)C2)C1. The summed E-state index contributed by atoms with van der Waals surface area (Å²) < 4.78 is 5.15. The summed E-state index contributed by atoms with van der Waals surface area (Å²) in [6.07, 6.45) is 4.52. The van der Waals surface area contributed by atoms with Gasteiger partial charge in [0.2, 0.25) is 5.91 Å². The number of hydrogen-bond donors (Lipinski definition) is 2. The number of methoxy groups -OCH3 is 1. The molecule has 0 unspecified atom stereocenters. The Hall–Kier alpha value is -2.67. The van der Waals surface area contributed by atoms with Gasteiger partial charge < -0.3 is 15.0 Å². The van der Waals surface area contributed by atoms with Crippen LogP contribution in [-0.2, 0) is 9.53 Å². The van der Waals surface area contributed by atoms with E-state index in [1.165, 1.54) is 0 Å². The first kappa shape index (κ1) is 18.4. The molecule has 2 atom stereocenters. The molecule has 2 N–H and O–H groups in total. The highest BCUT2D eigenvalue weighted by molar-refractivity contribution is 5.99. The van der Waals surface area contributed by atoms with E-state index in [0.717, 1.165) is 43.5 Å². The highest BCUT2D eigenvalue weighted by atomic mass is 16.5. The van der Waals surface area contributed by atoms with Gasteiger partial charge >= 0.3 is 0 Å². The predicted octanol–water partition coefficient (Wildman–Crippen LogP) is 2.08. The van der Waals surface area contributed by atoms with Crippen LogP contribution >= 0.6 is 0 Å². The van der Waals surface area contributed by atoms with Gasteiger partial charge in [-0.2, -0.15) is 5.10 Å². The summed E-state index contributed by atoms with van der Waals surface area (Å²) in [4.78, 5) is 27.2. The van der Waals surface area contributed by atoms with Crippen molar-refractivity contribution < 1.29 is 14.3 Å². The minimum absolute atomic E-state index is 0.117. The highest BCUT2D eigenvalue weighted by Crippen LogP contribution is 2.50. The Morgan fingerprint density at radius 3 is 2.76 bits per heavy atom. The van der Waals surface area contributed by atoms with Crippen LogP contribution in [0.25, 0.3) is 11.1 Å². The molecule has 1 aromatic carbocycles. The molecule has 3 fully saturated rings. The van der Waals surface area contributed by atoms with Crippen LogP contribution in [0.5, 0.6) is 0 Å². The van der Waals surface area contributed by atoms with Crippen molar-refractivity contribution in [2.24, 2.45) is 17.3 Å². The van der Waals surface area contributed by atoms with Gasteiger partial charge in [-0.1, -0.05) is 30.3 Å². The number of hydrogen-bond acceptors (Lipinski definition) is 4. The van der Waals surface area contributed by atoms with Crippen molar-refractivity contribution in [3.8, 4) is 11.1 Å². The van der Waals surface area contributed by atoms with Crippen LogP contribution in [0, 0.1) is 17.3 Å². The molecule has 7 heteroatoms. The third-order valence-corrected chi connectivity index (χ3v) is 6.63. The lowest BCUT2D eigenvalue weighted by molar-refractivity contribution is -0.153. The summed E-state index contributed by atoms with van der Waals surface area (Å²) >= 11 is 0. The molecule has 5 rings (SSSR count). The summed E-state index contributed by atoms with van der Waals surface area (Å²) in [6.45, 7) is 2.34. The second-order valence-corrected chi connectivity index (χ2v) is 8.86. The Balaban J connectivity index is 1.12. The number of H-pyrrole nitrogens is 1. The zero-order valence-corrected chi connectivity index (χ0v) is 16.6. The summed E-state index contributed by atoms with van der Waals surface area (Å²) in [7, 11) is 1.69. The van der Waals surface area contributed by atoms with Gasteiger partial charge in [0.25, 0.3) is 5.91 Å². The number of likely N-dealkylation sites (tertiary alicyclic amines) is 1. The summed E-state index contributed by atoms with van der Waals surface area (Å²) in [6, 6.07) is 9.94. The van der Waals surface area contributed by atoms with Gasteiger partial charge in [0.05, 0.1) is 6.20 Å². The van der Waals surface area contributed by atoms with Crippen LogP contribution in [0.15, 0.2) is 36.5 Å². The van der Waals surface area contributed by atoms with E-state index in [9.17, 15) is 9.59 Å². The molecular formula is C22H26N4O3. The Morgan fingerprint density at radius 1 is 1.28 bits per heavy atom. The lowest BCUT2D eigenvalue weighted by Gasteiger charge is -2.59. The van der Waals surface area contributed by atoms with Gasteiger partial charge in [-0.25, -0.2) is 0 Å². The molecule has 0 radical (unpaired) electrons. The highest BCUT2D eigenvalue weighted by Gasteiger charge is 2.56. The zero-order chi connectivity index (χ0) is 20.0. The summed E-state index contributed by atoms with van der Waals surface area (Å²) in [5.74, 6) is 0.745. The van der Waals surface area contributed by atoms with Crippen molar-refractivity contribution in [3.05, 3.63) is 42.2 Å². The lowest BCUT2D eigenvalue weighted by atomic mass is 9.60. The number of ether oxygens (including phenoxy) is 1. The van der Waals surface area contributed by atoms with Gasteiger partial charge in [-0.05, 0) is 30.7 Å². The Labute approximate surface area is 169 Å². The van der Waals surface area contributed by atoms with Gasteiger partial charge in [-0.3, -0.25) is 14.7 Å². The first-order valence-corrected chi connectivity index (χ1v) is 10.3. The largest absolute Gasteiger partial charge is 0.384 e. The number of aromatic amines is 1. The minimum atomic E-state index is -0.117. The maximum atomic E-state index is 12.7. The van der Waals surface area contributed by atoms with E-state index in [4.69, 9.17) is 4.74 Å². The Kier molecular flexibility index (Phi) is 4.42. The fourth-order valence-corrected chi connectivity index (χ4v) is 5.00. The smallest absolute Gasteiger partial charge is 0.270 e. The normalized spacial score (nSPS) is 24.7. The van der Waals surface area contributed by atoms with Crippen LogP contribution in [0.1, 0.15) is 29.8 Å². The van der Waals surface area contributed by atoms with E-state index < -0.39 is 0 Å². The molecule has 3 aliphatic rings. The predicted molar refractivity (Wildman–Crippen MR) is 107 cm³/mol. The molecule has 7 nitrogen and oxygen atoms in total. The monoisotopic (exact) mass is 394 g/mol. The van der Waals surface area contributed by atoms with Crippen molar-refractivity contribution in [3.63, 3.8) is 0 Å². The third-order valence-electron chi connectivity index (χ3n) is 6.63. The molecule has 0 bridgehead atoms. The molecule has 29 heavy (non-hydrogen) atoms. The van der Waals surface area contributed by atoms with E-state index in [0.29, 0.717) is 18.2 Å². The number of amides is 2. The zero-order valence-electron chi connectivity index (χ0n) is 16.6. The standard InChI is InChI=1S/C22H26N4O3/c1-29-11-15-7-17(15)21(28)26-12-22(13-26)8-16(9-22)24-20(27)19-18(10-23-25-19)14-5-3-2-4-6-14/h2-6,10,15-17H,7-9,11-13H2,1H3,(H,23,25)(H,24,27)/t15-,17+/m0/s1. The Morgan fingerprint density at radius 2 is 2.03 bits per heavy atom.